The molecule has 0 spiro atoms. The fourth-order valence-corrected chi connectivity index (χ4v) is 2.85. The standard InChI is InChI=1S/C16H20N2O2/c1-16(2)9-11(16)10-17-13-8-14(19)18(15(13)20)12-6-4-3-5-7-12/h3-7,11,13,17H,8-10H2,1-2H3. The van der Waals surface area contributed by atoms with Crippen molar-refractivity contribution in [1.29, 1.82) is 0 Å². The molecule has 1 heterocycles. The fraction of sp³-hybridized carbons (Fsp3) is 0.500. The van der Waals surface area contributed by atoms with Gasteiger partial charge in [0.2, 0.25) is 5.91 Å². The van der Waals surface area contributed by atoms with E-state index in [1.165, 1.54) is 11.3 Å². The van der Waals surface area contributed by atoms with Gasteiger partial charge in [-0.15, -0.1) is 0 Å². The summed E-state index contributed by atoms with van der Waals surface area (Å²) in [5.74, 6) is 0.379. The van der Waals surface area contributed by atoms with Gasteiger partial charge in [0, 0.05) is 0 Å². The predicted octanol–water partition coefficient (Wildman–Crippen LogP) is 1.95. The van der Waals surface area contributed by atoms with Crippen LogP contribution in [0.25, 0.3) is 0 Å². The van der Waals surface area contributed by atoms with Gasteiger partial charge in [-0.1, -0.05) is 32.0 Å². The largest absolute Gasteiger partial charge is 0.305 e. The van der Waals surface area contributed by atoms with Gasteiger partial charge in [-0.05, 0) is 36.4 Å². The lowest BCUT2D eigenvalue weighted by atomic mass is 10.1. The molecule has 1 saturated heterocycles. The molecule has 0 bridgehead atoms. The molecule has 1 saturated carbocycles. The average Bonchev–Trinajstić information content (AvgIpc) is 2.92. The Kier molecular flexibility index (Phi) is 3.13. The van der Waals surface area contributed by atoms with Crippen LogP contribution in [-0.4, -0.2) is 24.4 Å². The molecule has 1 aromatic rings. The third kappa shape index (κ3) is 2.36. The summed E-state index contributed by atoms with van der Waals surface area (Å²) >= 11 is 0. The minimum atomic E-state index is -0.362. The minimum Gasteiger partial charge on any atom is -0.305 e. The van der Waals surface area contributed by atoms with Crippen LogP contribution < -0.4 is 10.2 Å². The Bertz CT molecular complexity index is 539. The van der Waals surface area contributed by atoms with Crippen LogP contribution >= 0.6 is 0 Å². The number of hydrogen-bond acceptors (Lipinski definition) is 3. The first kappa shape index (κ1) is 13.3. The van der Waals surface area contributed by atoms with E-state index in [2.05, 4.69) is 19.2 Å². The number of nitrogens with one attached hydrogen (secondary N) is 1. The maximum atomic E-state index is 12.4. The Labute approximate surface area is 119 Å². The third-order valence-electron chi connectivity index (χ3n) is 4.49. The molecule has 106 valence electrons. The van der Waals surface area contributed by atoms with E-state index in [9.17, 15) is 9.59 Å². The summed E-state index contributed by atoms with van der Waals surface area (Å²) in [6.07, 6.45) is 1.46. The Hall–Kier alpha value is -1.68. The summed E-state index contributed by atoms with van der Waals surface area (Å²) in [7, 11) is 0. The van der Waals surface area contributed by atoms with Crippen LogP contribution in [0.3, 0.4) is 0 Å². The molecule has 2 aliphatic rings. The fourth-order valence-electron chi connectivity index (χ4n) is 2.85. The summed E-state index contributed by atoms with van der Waals surface area (Å²) in [6, 6.07) is 8.77. The monoisotopic (exact) mass is 272 g/mol. The lowest BCUT2D eigenvalue weighted by molar-refractivity contribution is -0.121. The van der Waals surface area contributed by atoms with Gasteiger partial charge in [0.15, 0.2) is 0 Å². The molecular formula is C16H20N2O2. The lowest BCUT2D eigenvalue weighted by Gasteiger charge is -2.15. The second kappa shape index (κ2) is 4.70. The number of benzene rings is 1. The van der Waals surface area contributed by atoms with Crippen LogP contribution in [0.5, 0.6) is 0 Å². The Morgan fingerprint density at radius 2 is 1.90 bits per heavy atom. The molecule has 1 aliphatic heterocycles. The summed E-state index contributed by atoms with van der Waals surface area (Å²) < 4.78 is 0. The molecule has 4 nitrogen and oxygen atoms in total. The number of nitrogens with zero attached hydrogens (tertiary/aromatic N) is 1. The van der Waals surface area contributed by atoms with Gasteiger partial charge < -0.3 is 5.32 Å². The van der Waals surface area contributed by atoms with Crippen molar-refractivity contribution in [3.63, 3.8) is 0 Å². The smallest absolute Gasteiger partial charge is 0.251 e. The Morgan fingerprint density at radius 1 is 1.25 bits per heavy atom. The van der Waals surface area contributed by atoms with Gasteiger partial charge in [0.25, 0.3) is 5.91 Å². The number of carbonyl (C=O) groups is 2. The van der Waals surface area contributed by atoms with E-state index < -0.39 is 0 Å². The summed E-state index contributed by atoms with van der Waals surface area (Å²) in [4.78, 5) is 25.7. The molecule has 2 atom stereocenters. The number of imide groups is 1. The molecule has 0 radical (unpaired) electrons. The van der Waals surface area contributed by atoms with Crippen LogP contribution in [0.15, 0.2) is 30.3 Å². The van der Waals surface area contributed by atoms with Crippen molar-refractivity contribution in [2.45, 2.75) is 32.7 Å². The van der Waals surface area contributed by atoms with Crippen molar-refractivity contribution in [1.82, 2.24) is 5.32 Å². The zero-order valence-electron chi connectivity index (χ0n) is 11.9. The van der Waals surface area contributed by atoms with Gasteiger partial charge >= 0.3 is 0 Å². The SMILES string of the molecule is CC1(C)CC1CNC1CC(=O)N(c2ccccc2)C1=O. The number of hydrogen-bond donors (Lipinski definition) is 1. The highest BCUT2D eigenvalue weighted by Crippen LogP contribution is 2.51. The Balaban J connectivity index is 1.65. The zero-order valence-corrected chi connectivity index (χ0v) is 11.9. The van der Waals surface area contributed by atoms with Crippen LogP contribution in [-0.2, 0) is 9.59 Å². The molecule has 20 heavy (non-hydrogen) atoms. The van der Waals surface area contributed by atoms with Crippen molar-refractivity contribution < 1.29 is 9.59 Å². The first-order valence-electron chi connectivity index (χ1n) is 7.14. The highest BCUT2D eigenvalue weighted by molar-refractivity contribution is 6.22. The van der Waals surface area contributed by atoms with Crippen LogP contribution in [0, 0.1) is 11.3 Å². The van der Waals surface area contributed by atoms with Gasteiger partial charge in [0.05, 0.1) is 18.2 Å². The van der Waals surface area contributed by atoms with Crippen LogP contribution in [0.4, 0.5) is 5.69 Å². The van der Waals surface area contributed by atoms with Crippen LogP contribution in [0.2, 0.25) is 0 Å². The molecule has 3 rings (SSSR count). The van der Waals surface area contributed by atoms with E-state index >= 15 is 0 Å². The highest BCUT2D eigenvalue weighted by Gasteiger charge is 2.46. The quantitative estimate of drug-likeness (QED) is 0.852. The van der Waals surface area contributed by atoms with Crippen molar-refractivity contribution in [3.05, 3.63) is 30.3 Å². The number of rotatable bonds is 4. The topological polar surface area (TPSA) is 49.4 Å². The average molecular weight is 272 g/mol. The predicted molar refractivity (Wildman–Crippen MR) is 77.2 cm³/mol. The lowest BCUT2D eigenvalue weighted by Crippen LogP contribution is -2.39. The second-order valence-corrected chi connectivity index (χ2v) is 6.46. The van der Waals surface area contributed by atoms with Crippen molar-refractivity contribution in [3.8, 4) is 0 Å². The first-order chi connectivity index (χ1) is 9.49. The van der Waals surface area contributed by atoms with E-state index in [0.717, 1.165) is 6.54 Å². The molecule has 1 N–H and O–H groups in total. The van der Waals surface area contributed by atoms with Crippen LogP contribution in [0.1, 0.15) is 26.7 Å². The van der Waals surface area contributed by atoms with E-state index in [1.54, 1.807) is 12.1 Å². The molecule has 2 fully saturated rings. The molecule has 1 aliphatic carbocycles. The molecule has 2 unspecified atom stereocenters. The highest BCUT2D eigenvalue weighted by atomic mass is 16.2. The summed E-state index contributed by atoms with van der Waals surface area (Å²) in [5, 5.41) is 3.27. The number of para-hydroxylation sites is 1. The summed E-state index contributed by atoms with van der Waals surface area (Å²) in [6.45, 7) is 5.29. The number of amides is 2. The molecular weight excluding hydrogens is 252 g/mol. The first-order valence-corrected chi connectivity index (χ1v) is 7.14. The zero-order chi connectivity index (χ0) is 14.3. The maximum Gasteiger partial charge on any atom is 0.251 e. The second-order valence-electron chi connectivity index (χ2n) is 6.46. The third-order valence-corrected chi connectivity index (χ3v) is 4.49. The van der Waals surface area contributed by atoms with Crippen molar-refractivity contribution in [2.24, 2.45) is 11.3 Å². The van der Waals surface area contributed by atoms with Gasteiger partial charge in [-0.2, -0.15) is 0 Å². The van der Waals surface area contributed by atoms with Crippen molar-refractivity contribution in [2.75, 3.05) is 11.4 Å². The van der Waals surface area contributed by atoms with E-state index in [1.807, 2.05) is 18.2 Å². The number of anilines is 1. The Morgan fingerprint density at radius 3 is 2.50 bits per heavy atom. The normalized spacial score (nSPS) is 28.0. The molecule has 1 aromatic carbocycles. The minimum absolute atomic E-state index is 0.117. The summed E-state index contributed by atoms with van der Waals surface area (Å²) in [5.41, 5.74) is 1.05. The van der Waals surface area contributed by atoms with E-state index in [-0.39, 0.29) is 24.3 Å². The molecule has 0 aromatic heterocycles. The van der Waals surface area contributed by atoms with E-state index in [0.29, 0.717) is 17.0 Å². The van der Waals surface area contributed by atoms with E-state index in [4.69, 9.17) is 0 Å². The van der Waals surface area contributed by atoms with Gasteiger partial charge in [0.1, 0.15) is 0 Å². The molecule has 2 amide bonds. The molecule has 4 heteroatoms. The maximum absolute atomic E-state index is 12.4. The van der Waals surface area contributed by atoms with Crippen molar-refractivity contribution >= 4 is 17.5 Å². The van der Waals surface area contributed by atoms with Gasteiger partial charge in [-0.25, -0.2) is 4.90 Å². The number of carbonyl (C=O) groups excluding carboxylic acids is 2. The van der Waals surface area contributed by atoms with Gasteiger partial charge in [-0.3, -0.25) is 9.59 Å².